The van der Waals surface area contributed by atoms with Crippen LogP contribution in [0.5, 0.6) is 0 Å². The number of aromatic amines is 1. The highest BCUT2D eigenvalue weighted by atomic mass is 16.5. The van der Waals surface area contributed by atoms with E-state index in [2.05, 4.69) is 10.3 Å². The number of carboxylic acid groups (broad SMARTS) is 1. The van der Waals surface area contributed by atoms with Gasteiger partial charge in [-0.3, -0.25) is 4.79 Å². The molecule has 0 spiro atoms. The number of aliphatic carboxylic acids is 1. The Bertz CT molecular complexity index is 1090. The van der Waals surface area contributed by atoms with E-state index in [1.807, 2.05) is 48.5 Å². The van der Waals surface area contributed by atoms with Crippen molar-refractivity contribution in [1.29, 1.82) is 0 Å². The van der Waals surface area contributed by atoms with E-state index in [9.17, 15) is 19.5 Å². The number of carbonyl (C=O) groups is 2. The minimum absolute atomic E-state index is 0.0241. The maximum atomic E-state index is 12.3. The van der Waals surface area contributed by atoms with Crippen LogP contribution in [0, 0.1) is 0 Å². The van der Waals surface area contributed by atoms with Gasteiger partial charge >= 0.3 is 12.1 Å². The highest BCUT2D eigenvalue weighted by Gasteiger charge is 2.29. The number of hydrogen-bond acceptors (Lipinski definition) is 4. The van der Waals surface area contributed by atoms with Gasteiger partial charge in [0.2, 0.25) is 5.56 Å². The summed E-state index contributed by atoms with van der Waals surface area (Å²) in [6.45, 7) is 0.102. The third kappa shape index (κ3) is 3.96. The molecular formula is C23H20N2O5. The van der Waals surface area contributed by atoms with Crippen molar-refractivity contribution in [2.24, 2.45) is 0 Å². The summed E-state index contributed by atoms with van der Waals surface area (Å²) in [4.78, 5) is 37.5. The molecule has 0 radical (unpaired) electrons. The van der Waals surface area contributed by atoms with Crippen LogP contribution in [-0.2, 0) is 16.0 Å². The van der Waals surface area contributed by atoms with Gasteiger partial charge in [0.1, 0.15) is 12.6 Å². The topological polar surface area (TPSA) is 108 Å². The van der Waals surface area contributed by atoms with Gasteiger partial charge in [-0.15, -0.1) is 0 Å². The summed E-state index contributed by atoms with van der Waals surface area (Å²) < 4.78 is 5.41. The summed E-state index contributed by atoms with van der Waals surface area (Å²) in [5.41, 5.74) is 4.69. The maximum absolute atomic E-state index is 12.3. The van der Waals surface area contributed by atoms with Crippen LogP contribution in [0.4, 0.5) is 4.79 Å². The minimum atomic E-state index is -1.19. The van der Waals surface area contributed by atoms with Crippen LogP contribution in [0.25, 0.3) is 11.1 Å². The number of H-pyrrole nitrogens is 1. The number of rotatable bonds is 6. The van der Waals surface area contributed by atoms with Gasteiger partial charge in [0.05, 0.1) is 0 Å². The molecular weight excluding hydrogens is 384 g/mol. The number of aromatic nitrogens is 1. The molecule has 1 atom stereocenters. The lowest BCUT2D eigenvalue weighted by atomic mass is 9.98. The van der Waals surface area contributed by atoms with Crippen molar-refractivity contribution in [2.45, 2.75) is 18.4 Å². The third-order valence-corrected chi connectivity index (χ3v) is 5.22. The summed E-state index contributed by atoms with van der Waals surface area (Å²) in [6, 6.07) is 17.6. The van der Waals surface area contributed by atoms with Crippen molar-refractivity contribution in [1.82, 2.24) is 10.3 Å². The van der Waals surface area contributed by atoms with Gasteiger partial charge < -0.3 is 20.1 Å². The maximum Gasteiger partial charge on any atom is 0.407 e. The largest absolute Gasteiger partial charge is 0.480 e. The molecule has 3 N–H and O–H groups in total. The fraction of sp³-hybridized carbons (Fsp3) is 0.174. The van der Waals surface area contributed by atoms with E-state index >= 15 is 0 Å². The van der Waals surface area contributed by atoms with Crippen molar-refractivity contribution in [2.75, 3.05) is 6.61 Å². The van der Waals surface area contributed by atoms with Crippen LogP contribution < -0.4 is 10.9 Å². The molecule has 0 saturated heterocycles. The number of ether oxygens (including phenoxy) is 1. The summed E-state index contributed by atoms with van der Waals surface area (Å²) >= 11 is 0. The zero-order chi connectivity index (χ0) is 21.1. The molecule has 4 rings (SSSR count). The van der Waals surface area contributed by atoms with Crippen LogP contribution in [0.3, 0.4) is 0 Å². The van der Waals surface area contributed by atoms with Gasteiger partial charge in [0, 0.05) is 24.6 Å². The van der Waals surface area contributed by atoms with E-state index in [1.165, 1.54) is 18.3 Å². The Hall–Kier alpha value is -3.87. The van der Waals surface area contributed by atoms with Crippen molar-refractivity contribution in [3.05, 3.63) is 93.9 Å². The summed E-state index contributed by atoms with van der Waals surface area (Å²) in [5, 5.41) is 11.8. The molecule has 1 amide bonds. The lowest BCUT2D eigenvalue weighted by Gasteiger charge is -2.17. The number of pyridine rings is 1. The average Bonchev–Trinajstić information content (AvgIpc) is 3.07. The van der Waals surface area contributed by atoms with Crippen LogP contribution >= 0.6 is 0 Å². The number of benzene rings is 2. The van der Waals surface area contributed by atoms with Gasteiger partial charge in [-0.1, -0.05) is 54.6 Å². The molecule has 152 valence electrons. The highest BCUT2D eigenvalue weighted by Crippen LogP contribution is 2.44. The Morgan fingerprint density at radius 2 is 1.63 bits per heavy atom. The van der Waals surface area contributed by atoms with Gasteiger partial charge in [-0.05, 0) is 27.8 Å². The van der Waals surface area contributed by atoms with Gasteiger partial charge in [-0.2, -0.15) is 0 Å². The first-order valence-corrected chi connectivity index (χ1v) is 9.55. The molecule has 7 nitrogen and oxygen atoms in total. The number of hydrogen-bond donors (Lipinski definition) is 3. The predicted octanol–water partition coefficient (Wildman–Crippen LogP) is 2.91. The van der Waals surface area contributed by atoms with Crippen molar-refractivity contribution >= 4 is 12.1 Å². The molecule has 2 aromatic carbocycles. The fourth-order valence-corrected chi connectivity index (χ4v) is 3.79. The molecule has 0 saturated carbocycles. The first-order chi connectivity index (χ1) is 14.5. The normalized spacial score (nSPS) is 13.2. The predicted molar refractivity (Wildman–Crippen MR) is 110 cm³/mol. The molecule has 0 unspecified atom stereocenters. The van der Waals surface area contributed by atoms with E-state index in [0.717, 1.165) is 22.3 Å². The summed E-state index contributed by atoms with van der Waals surface area (Å²) in [5.74, 6) is -1.29. The monoisotopic (exact) mass is 404 g/mol. The number of amides is 1. The molecule has 7 heteroatoms. The Labute approximate surface area is 172 Å². The Balaban J connectivity index is 1.43. The third-order valence-electron chi connectivity index (χ3n) is 5.22. The van der Waals surface area contributed by atoms with E-state index in [4.69, 9.17) is 4.74 Å². The van der Waals surface area contributed by atoms with E-state index < -0.39 is 18.1 Å². The van der Waals surface area contributed by atoms with Gasteiger partial charge in [0.15, 0.2) is 0 Å². The molecule has 1 heterocycles. The molecule has 0 fully saturated rings. The smallest absolute Gasteiger partial charge is 0.407 e. The molecule has 1 aliphatic rings. The summed E-state index contributed by atoms with van der Waals surface area (Å²) in [7, 11) is 0. The fourth-order valence-electron chi connectivity index (χ4n) is 3.79. The Kier molecular flexibility index (Phi) is 5.34. The van der Waals surface area contributed by atoms with Crippen molar-refractivity contribution in [3.63, 3.8) is 0 Å². The Morgan fingerprint density at radius 3 is 2.20 bits per heavy atom. The lowest BCUT2D eigenvalue weighted by molar-refractivity contribution is -0.139. The number of carbonyl (C=O) groups excluding carboxylic acids is 1. The zero-order valence-corrected chi connectivity index (χ0v) is 16.0. The minimum Gasteiger partial charge on any atom is -0.480 e. The molecule has 3 aromatic rings. The second kappa shape index (κ2) is 8.24. The van der Waals surface area contributed by atoms with Gasteiger partial charge in [0.25, 0.3) is 0 Å². The lowest BCUT2D eigenvalue weighted by Crippen LogP contribution is -2.43. The molecule has 0 bridgehead atoms. The van der Waals surface area contributed by atoms with E-state index in [1.54, 1.807) is 0 Å². The van der Waals surface area contributed by atoms with Crippen LogP contribution in [0.1, 0.15) is 22.6 Å². The number of fused-ring (bicyclic) bond motifs is 3. The average molecular weight is 404 g/mol. The Morgan fingerprint density at radius 1 is 1.00 bits per heavy atom. The first-order valence-electron chi connectivity index (χ1n) is 9.55. The standard InChI is InChI=1S/C23H20N2O5/c26-21-10-9-14(12-24-21)11-20(22(27)28)25-23(29)30-13-19-17-7-3-1-5-15(17)16-6-2-4-8-18(16)19/h1-10,12,19-20H,11,13H2,(H,24,26)(H,25,29)(H,27,28)/t20-/m0/s1. The number of carboxylic acids is 1. The molecule has 0 aliphatic heterocycles. The second-order valence-corrected chi connectivity index (χ2v) is 7.13. The van der Waals surface area contributed by atoms with Crippen LogP contribution in [0.15, 0.2) is 71.7 Å². The van der Waals surface area contributed by atoms with Gasteiger partial charge in [-0.25, -0.2) is 9.59 Å². The van der Waals surface area contributed by atoms with E-state index in [0.29, 0.717) is 5.56 Å². The van der Waals surface area contributed by atoms with Crippen molar-refractivity contribution in [3.8, 4) is 11.1 Å². The van der Waals surface area contributed by atoms with Crippen LogP contribution in [0.2, 0.25) is 0 Å². The second-order valence-electron chi connectivity index (χ2n) is 7.13. The van der Waals surface area contributed by atoms with E-state index in [-0.39, 0.29) is 24.5 Å². The molecule has 30 heavy (non-hydrogen) atoms. The molecule has 1 aliphatic carbocycles. The van der Waals surface area contributed by atoms with Crippen LogP contribution in [-0.4, -0.2) is 34.8 Å². The number of alkyl carbamates (subject to hydrolysis) is 1. The quantitative estimate of drug-likeness (QED) is 0.585. The van der Waals surface area contributed by atoms with Crippen molar-refractivity contribution < 1.29 is 19.4 Å². The summed E-state index contributed by atoms with van der Waals surface area (Å²) in [6.07, 6.45) is 0.655. The zero-order valence-electron chi connectivity index (χ0n) is 16.0. The molecule has 1 aromatic heterocycles. The first kappa shape index (κ1) is 19.4. The highest BCUT2D eigenvalue weighted by molar-refractivity contribution is 5.81. The SMILES string of the molecule is O=C(N[C@@H](Cc1ccc(=O)[nH]c1)C(=O)O)OCC1c2ccccc2-c2ccccc21. The number of nitrogens with one attached hydrogen (secondary N) is 2.